The van der Waals surface area contributed by atoms with Gasteiger partial charge in [-0.15, -0.1) is 5.10 Å². The second-order valence-corrected chi connectivity index (χ2v) is 5.52. The fraction of sp³-hybridized carbons (Fsp3) is 0.176. The van der Waals surface area contributed by atoms with E-state index in [0.717, 1.165) is 11.1 Å². The van der Waals surface area contributed by atoms with Crippen molar-refractivity contribution in [2.75, 3.05) is 5.32 Å². The number of amides is 1. The van der Waals surface area contributed by atoms with Gasteiger partial charge in [0.1, 0.15) is 18.1 Å². The van der Waals surface area contributed by atoms with E-state index >= 15 is 0 Å². The van der Waals surface area contributed by atoms with E-state index in [9.17, 15) is 4.79 Å². The molecule has 1 N–H and O–H groups in total. The number of rotatable bonds is 6. The first kappa shape index (κ1) is 17.2. The van der Waals surface area contributed by atoms with Crippen molar-refractivity contribution in [3.63, 3.8) is 0 Å². The largest absolute Gasteiger partial charge is 0.309 e. The van der Waals surface area contributed by atoms with Gasteiger partial charge in [0.05, 0.1) is 18.1 Å². The predicted octanol–water partition coefficient (Wildman–Crippen LogP) is 1.77. The number of anilines is 1. The first-order chi connectivity index (χ1) is 12.5. The second kappa shape index (κ2) is 7.51. The molecule has 3 rings (SSSR count). The summed E-state index contributed by atoms with van der Waals surface area (Å²) in [5.74, 6) is 0.220. The minimum atomic E-state index is -0.232. The SMILES string of the molecule is C=C(/N=C\C)c1ccc(NC(=O)Cn2cc(-c3cn(C)nn3)cn2)nc1. The zero-order chi connectivity index (χ0) is 18.5. The molecule has 26 heavy (non-hydrogen) atoms. The molecule has 0 fully saturated rings. The Hall–Kier alpha value is -3.62. The molecular weight excluding hydrogens is 332 g/mol. The summed E-state index contributed by atoms with van der Waals surface area (Å²) in [6, 6.07) is 3.51. The van der Waals surface area contributed by atoms with E-state index in [1.165, 1.54) is 4.68 Å². The van der Waals surface area contributed by atoms with Crippen molar-refractivity contribution in [1.82, 2.24) is 29.8 Å². The van der Waals surface area contributed by atoms with Gasteiger partial charge in [0.15, 0.2) is 0 Å². The quantitative estimate of drug-likeness (QED) is 0.683. The Labute approximate surface area is 150 Å². The summed E-state index contributed by atoms with van der Waals surface area (Å²) in [7, 11) is 1.79. The summed E-state index contributed by atoms with van der Waals surface area (Å²) in [6.45, 7) is 5.73. The Morgan fingerprint density at radius 3 is 2.85 bits per heavy atom. The molecule has 3 heterocycles. The molecule has 1 amide bonds. The maximum Gasteiger partial charge on any atom is 0.247 e. The molecule has 0 spiro atoms. The van der Waals surface area contributed by atoms with Crippen LogP contribution in [0.4, 0.5) is 5.82 Å². The number of carbonyl (C=O) groups is 1. The topological polar surface area (TPSA) is 103 Å². The third-order valence-corrected chi connectivity index (χ3v) is 3.49. The average molecular weight is 350 g/mol. The monoisotopic (exact) mass is 350 g/mol. The highest BCUT2D eigenvalue weighted by Crippen LogP contribution is 2.15. The van der Waals surface area contributed by atoms with Gasteiger partial charge in [-0.3, -0.25) is 19.2 Å². The lowest BCUT2D eigenvalue weighted by Crippen LogP contribution is -2.19. The highest BCUT2D eigenvalue weighted by atomic mass is 16.2. The number of pyridine rings is 1. The molecule has 0 aliphatic rings. The van der Waals surface area contributed by atoms with Crippen LogP contribution in [0, 0.1) is 0 Å². The van der Waals surface area contributed by atoms with Crippen LogP contribution in [-0.2, 0) is 18.4 Å². The van der Waals surface area contributed by atoms with Gasteiger partial charge in [-0.25, -0.2) is 4.98 Å². The lowest BCUT2D eigenvalue weighted by atomic mass is 10.2. The standard InChI is InChI=1S/C17H18N8O/c1-4-18-12(2)13-5-6-16(19-7-13)21-17(26)11-25-9-14(8-20-25)15-10-24(3)23-22-15/h4-10H,2,11H2,1,3H3,(H,19,21,26)/b18-4-. The van der Waals surface area contributed by atoms with Gasteiger partial charge in [0, 0.05) is 36.8 Å². The van der Waals surface area contributed by atoms with Crippen LogP contribution in [0.25, 0.3) is 17.0 Å². The number of hydrogen-bond donors (Lipinski definition) is 1. The Morgan fingerprint density at radius 1 is 1.35 bits per heavy atom. The van der Waals surface area contributed by atoms with Crippen molar-refractivity contribution in [3.8, 4) is 11.3 Å². The number of aliphatic imine (C=N–C) groups is 1. The molecule has 3 aromatic heterocycles. The van der Waals surface area contributed by atoms with Gasteiger partial charge < -0.3 is 5.32 Å². The van der Waals surface area contributed by atoms with Crippen molar-refractivity contribution in [2.24, 2.45) is 12.0 Å². The molecule has 0 aliphatic carbocycles. The molecule has 0 radical (unpaired) electrons. The zero-order valence-electron chi connectivity index (χ0n) is 14.5. The molecule has 0 aliphatic heterocycles. The highest BCUT2D eigenvalue weighted by Gasteiger charge is 2.09. The molecular formula is C17H18N8O. The number of carbonyl (C=O) groups excluding carboxylic acids is 1. The minimum Gasteiger partial charge on any atom is -0.309 e. The van der Waals surface area contributed by atoms with E-state index in [2.05, 4.69) is 37.3 Å². The summed E-state index contributed by atoms with van der Waals surface area (Å²) >= 11 is 0. The molecule has 0 atom stereocenters. The van der Waals surface area contributed by atoms with Gasteiger partial charge in [-0.2, -0.15) is 5.10 Å². The van der Waals surface area contributed by atoms with Crippen molar-refractivity contribution >= 4 is 23.6 Å². The van der Waals surface area contributed by atoms with Gasteiger partial charge in [-0.05, 0) is 19.1 Å². The van der Waals surface area contributed by atoms with Crippen LogP contribution in [0.2, 0.25) is 0 Å². The predicted molar refractivity (Wildman–Crippen MR) is 98.3 cm³/mol. The van der Waals surface area contributed by atoms with E-state index in [1.807, 2.05) is 6.92 Å². The summed E-state index contributed by atoms with van der Waals surface area (Å²) in [5.41, 5.74) is 2.91. The average Bonchev–Trinajstić information content (AvgIpc) is 3.24. The maximum absolute atomic E-state index is 12.2. The molecule has 3 aromatic rings. The molecule has 0 unspecified atom stereocenters. The number of aryl methyl sites for hydroxylation is 1. The third kappa shape index (κ3) is 4.07. The Bertz CT molecular complexity index is 951. The molecule has 0 aromatic carbocycles. The van der Waals surface area contributed by atoms with E-state index in [4.69, 9.17) is 0 Å². The van der Waals surface area contributed by atoms with Crippen LogP contribution < -0.4 is 5.32 Å². The van der Waals surface area contributed by atoms with Gasteiger partial charge in [-0.1, -0.05) is 11.8 Å². The summed E-state index contributed by atoms with van der Waals surface area (Å²) in [6.07, 6.45) is 8.45. The van der Waals surface area contributed by atoms with E-state index in [0.29, 0.717) is 17.2 Å². The Kier molecular flexibility index (Phi) is 4.97. The molecule has 0 saturated carbocycles. The normalized spacial score (nSPS) is 11.0. The Balaban J connectivity index is 1.60. The fourth-order valence-corrected chi connectivity index (χ4v) is 2.26. The van der Waals surface area contributed by atoms with Crippen molar-refractivity contribution in [1.29, 1.82) is 0 Å². The van der Waals surface area contributed by atoms with E-state index in [-0.39, 0.29) is 12.5 Å². The third-order valence-electron chi connectivity index (χ3n) is 3.49. The summed E-state index contributed by atoms with van der Waals surface area (Å²) in [4.78, 5) is 20.5. The van der Waals surface area contributed by atoms with Gasteiger partial charge >= 0.3 is 0 Å². The highest BCUT2D eigenvalue weighted by molar-refractivity contribution is 5.89. The smallest absolute Gasteiger partial charge is 0.247 e. The second-order valence-electron chi connectivity index (χ2n) is 5.52. The summed E-state index contributed by atoms with van der Waals surface area (Å²) in [5, 5.41) is 14.8. The van der Waals surface area contributed by atoms with E-state index < -0.39 is 0 Å². The first-order valence-corrected chi connectivity index (χ1v) is 7.88. The molecule has 0 bridgehead atoms. The molecule has 9 nitrogen and oxygen atoms in total. The zero-order valence-corrected chi connectivity index (χ0v) is 14.5. The van der Waals surface area contributed by atoms with Crippen LogP contribution in [0.3, 0.4) is 0 Å². The molecule has 132 valence electrons. The first-order valence-electron chi connectivity index (χ1n) is 7.88. The number of hydrogen-bond acceptors (Lipinski definition) is 6. The van der Waals surface area contributed by atoms with E-state index in [1.54, 1.807) is 54.9 Å². The lowest BCUT2D eigenvalue weighted by Gasteiger charge is -2.06. The number of nitrogens with zero attached hydrogens (tertiary/aromatic N) is 7. The Morgan fingerprint density at radius 2 is 2.19 bits per heavy atom. The van der Waals surface area contributed by atoms with Crippen LogP contribution >= 0.6 is 0 Å². The van der Waals surface area contributed by atoms with Gasteiger partial charge in [0.2, 0.25) is 5.91 Å². The van der Waals surface area contributed by atoms with Crippen molar-refractivity contribution in [2.45, 2.75) is 13.5 Å². The van der Waals surface area contributed by atoms with Crippen LogP contribution in [0.15, 0.2) is 48.5 Å². The maximum atomic E-state index is 12.2. The van der Waals surface area contributed by atoms with Crippen LogP contribution in [0.5, 0.6) is 0 Å². The number of aromatic nitrogens is 6. The van der Waals surface area contributed by atoms with Crippen molar-refractivity contribution in [3.05, 3.63) is 49.1 Å². The van der Waals surface area contributed by atoms with Gasteiger partial charge in [0.25, 0.3) is 0 Å². The minimum absolute atomic E-state index is 0.0660. The number of nitrogens with one attached hydrogen (secondary N) is 1. The molecule has 0 saturated heterocycles. The van der Waals surface area contributed by atoms with Crippen molar-refractivity contribution < 1.29 is 4.79 Å². The fourth-order valence-electron chi connectivity index (χ4n) is 2.26. The van der Waals surface area contributed by atoms with Crippen LogP contribution in [0.1, 0.15) is 12.5 Å². The summed E-state index contributed by atoms with van der Waals surface area (Å²) < 4.78 is 3.14. The van der Waals surface area contributed by atoms with Crippen LogP contribution in [-0.4, -0.2) is 41.9 Å². The molecule has 9 heteroatoms. The lowest BCUT2D eigenvalue weighted by molar-refractivity contribution is -0.116.